The topological polar surface area (TPSA) is 85.6 Å². The lowest BCUT2D eigenvalue weighted by atomic mass is 9.90. The van der Waals surface area contributed by atoms with Gasteiger partial charge >= 0.3 is 0 Å². The summed E-state index contributed by atoms with van der Waals surface area (Å²) in [5.41, 5.74) is 5.87. The number of benzene rings is 3. The molecule has 2 heterocycles. The lowest BCUT2D eigenvalue weighted by Crippen LogP contribution is -2.39. The molecule has 0 bridgehead atoms. The van der Waals surface area contributed by atoms with Crippen LogP contribution in [-0.4, -0.2) is 26.7 Å². The third kappa shape index (κ3) is 6.40. The Morgan fingerprint density at radius 3 is 2.35 bits per heavy atom. The van der Waals surface area contributed by atoms with Crippen molar-refractivity contribution in [3.63, 3.8) is 0 Å². The van der Waals surface area contributed by atoms with Gasteiger partial charge in [-0.15, -0.1) is 0 Å². The summed E-state index contributed by atoms with van der Waals surface area (Å²) >= 11 is 12.5. The summed E-state index contributed by atoms with van der Waals surface area (Å²) in [5, 5.41) is 13.0. The van der Waals surface area contributed by atoms with E-state index in [4.69, 9.17) is 32.7 Å². The molecule has 1 fully saturated rings. The number of carbonyl (C=O) groups is 1. The molecule has 0 aliphatic carbocycles. The van der Waals surface area contributed by atoms with Gasteiger partial charge in [0.2, 0.25) is 5.91 Å². The van der Waals surface area contributed by atoms with Gasteiger partial charge in [-0.2, -0.15) is 0 Å². The number of nitrogens with one attached hydrogen (secondary N) is 1. The smallest absolute Gasteiger partial charge is 0.217 e. The van der Waals surface area contributed by atoms with E-state index in [-0.39, 0.29) is 35.8 Å². The second-order valence-corrected chi connectivity index (χ2v) is 10.7. The van der Waals surface area contributed by atoms with Crippen molar-refractivity contribution < 1.29 is 19.4 Å². The van der Waals surface area contributed by atoms with Crippen LogP contribution in [0.1, 0.15) is 48.5 Å². The molecular formula is C31H31Cl2N3O4. The molecule has 0 spiro atoms. The van der Waals surface area contributed by atoms with Gasteiger partial charge in [-0.25, -0.2) is 4.98 Å². The van der Waals surface area contributed by atoms with Crippen LogP contribution >= 0.6 is 23.2 Å². The van der Waals surface area contributed by atoms with Gasteiger partial charge < -0.3 is 24.5 Å². The molecule has 4 aromatic rings. The number of ether oxygens (including phenoxy) is 2. The maximum Gasteiger partial charge on any atom is 0.217 e. The maximum atomic E-state index is 11.3. The van der Waals surface area contributed by atoms with Crippen molar-refractivity contribution in [2.45, 2.75) is 52.0 Å². The minimum absolute atomic E-state index is 0.0147. The van der Waals surface area contributed by atoms with E-state index < -0.39 is 6.29 Å². The Bertz CT molecular complexity index is 1460. The highest BCUT2D eigenvalue weighted by Crippen LogP contribution is 2.42. The van der Waals surface area contributed by atoms with E-state index in [0.717, 1.165) is 33.4 Å². The number of aromatic nitrogens is 2. The molecule has 0 radical (unpaired) electrons. The van der Waals surface area contributed by atoms with E-state index in [2.05, 4.69) is 23.3 Å². The quantitative estimate of drug-likeness (QED) is 0.249. The van der Waals surface area contributed by atoms with Crippen LogP contribution in [0.3, 0.4) is 0 Å². The van der Waals surface area contributed by atoms with Crippen LogP contribution in [0.15, 0.2) is 79.1 Å². The molecule has 5 rings (SSSR count). The van der Waals surface area contributed by atoms with Gasteiger partial charge in [0, 0.05) is 24.9 Å². The molecule has 1 aliphatic heterocycles. The number of aliphatic hydroxyl groups is 1. The average Bonchev–Trinajstić information content (AvgIpc) is 3.29. The number of imidazole rings is 1. The molecule has 1 amide bonds. The number of carbonyl (C=O) groups excluding carboxylic acids is 1. The zero-order valence-electron chi connectivity index (χ0n) is 22.3. The van der Waals surface area contributed by atoms with Crippen LogP contribution in [0.5, 0.6) is 0 Å². The molecule has 4 atom stereocenters. The fraction of sp³-hybridized carbons (Fsp3) is 0.290. The summed E-state index contributed by atoms with van der Waals surface area (Å²) < 4.78 is 14.9. The normalized spacial score (nSPS) is 20.8. The van der Waals surface area contributed by atoms with E-state index in [1.807, 2.05) is 66.7 Å². The highest BCUT2D eigenvalue weighted by Gasteiger charge is 2.38. The van der Waals surface area contributed by atoms with Crippen LogP contribution < -0.4 is 5.32 Å². The molecule has 9 heteroatoms. The van der Waals surface area contributed by atoms with Crippen molar-refractivity contribution >= 4 is 29.1 Å². The number of rotatable bonds is 8. The van der Waals surface area contributed by atoms with Crippen molar-refractivity contribution in [3.8, 4) is 11.1 Å². The molecule has 1 saturated heterocycles. The molecule has 0 unspecified atom stereocenters. The lowest BCUT2D eigenvalue weighted by Gasteiger charge is -2.41. The zero-order valence-corrected chi connectivity index (χ0v) is 23.8. The maximum absolute atomic E-state index is 11.3. The zero-order chi connectivity index (χ0) is 28.2. The van der Waals surface area contributed by atoms with E-state index in [9.17, 15) is 9.90 Å². The molecule has 2 N–H and O–H groups in total. The summed E-state index contributed by atoms with van der Waals surface area (Å²) in [7, 11) is 0. The number of hydrogen-bond acceptors (Lipinski definition) is 5. The predicted molar refractivity (Wildman–Crippen MR) is 155 cm³/mol. The summed E-state index contributed by atoms with van der Waals surface area (Å²) in [6.45, 7) is 4.53. The fourth-order valence-electron chi connectivity index (χ4n) is 4.91. The SMILES string of the molecule is CC(=O)NCc1cccc(-c2ccc([C@H]3O[C@@H](Cn4cnc(Cl)c4Cl)[C@@H](C)[C@@H](c4ccc(CO)cc4)O3)cc2)c1. The van der Waals surface area contributed by atoms with Crippen molar-refractivity contribution in [2.24, 2.45) is 5.92 Å². The molecule has 1 aromatic heterocycles. The van der Waals surface area contributed by atoms with Gasteiger partial charge in [0.15, 0.2) is 11.4 Å². The van der Waals surface area contributed by atoms with Crippen molar-refractivity contribution in [2.75, 3.05) is 0 Å². The van der Waals surface area contributed by atoms with Gasteiger partial charge in [-0.05, 0) is 33.9 Å². The summed E-state index contributed by atoms with van der Waals surface area (Å²) in [6.07, 6.45) is 0.515. The first kappa shape index (κ1) is 28.3. The van der Waals surface area contributed by atoms with E-state index in [1.165, 1.54) is 6.92 Å². The summed E-state index contributed by atoms with van der Waals surface area (Å²) in [4.78, 5) is 15.4. The fourth-order valence-corrected chi connectivity index (χ4v) is 5.23. The van der Waals surface area contributed by atoms with Crippen molar-refractivity contribution in [3.05, 3.63) is 112 Å². The first-order valence-corrected chi connectivity index (χ1v) is 13.9. The Labute approximate surface area is 243 Å². The Morgan fingerprint density at radius 2 is 1.70 bits per heavy atom. The number of halogens is 2. The second kappa shape index (κ2) is 12.5. The number of nitrogens with zero attached hydrogens (tertiary/aromatic N) is 2. The van der Waals surface area contributed by atoms with E-state index in [0.29, 0.717) is 18.2 Å². The number of aliphatic hydroxyl groups excluding tert-OH is 1. The Hall–Kier alpha value is -3.20. The van der Waals surface area contributed by atoms with Gasteiger partial charge in [0.1, 0.15) is 5.15 Å². The highest BCUT2D eigenvalue weighted by atomic mass is 35.5. The third-order valence-corrected chi connectivity index (χ3v) is 7.99. The van der Waals surface area contributed by atoms with Crippen LogP contribution in [0.4, 0.5) is 0 Å². The highest BCUT2D eigenvalue weighted by molar-refractivity contribution is 6.40. The Kier molecular flexibility index (Phi) is 8.88. The van der Waals surface area contributed by atoms with Crippen LogP contribution in [0.2, 0.25) is 10.3 Å². The molecule has 7 nitrogen and oxygen atoms in total. The molecule has 208 valence electrons. The minimum Gasteiger partial charge on any atom is -0.392 e. The van der Waals surface area contributed by atoms with Crippen LogP contribution in [-0.2, 0) is 34.0 Å². The summed E-state index contributed by atoms with van der Waals surface area (Å²) in [6, 6.07) is 24.0. The molecule has 40 heavy (non-hydrogen) atoms. The van der Waals surface area contributed by atoms with E-state index in [1.54, 1.807) is 10.9 Å². The van der Waals surface area contributed by atoms with Crippen LogP contribution in [0, 0.1) is 5.92 Å². The average molecular weight is 581 g/mol. The minimum atomic E-state index is -0.610. The number of amides is 1. The number of hydrogen-bond donors (Lipinski definition) is 2. The molecule has 0 saturated carbocycles. The van der Waals surface area contributed by atoms with Gasteiger partial charge in [-0.1, -0.05) is 96.9 Å². The molecule has 3 aromatic carbocycles. The van der Waals surface area contributed by atoms with Crippen molar-refractivity contribution in [1.82, 2.24) is 14.9 Å². The Morgan fingerprint density at radius 1 is 0.975 bits per heavy atom. The van der Waals surface area contributed by atoms with Crippen molar-refractivity contribution in [1.29, 1.82) is 0 Å². The van der Waals surface area contributed by atoms with E-state index >= 15 is 0 Å². The van der Waals surface area contributed by atoms with Gasteiger partial charge in [0.05, 0.1) is 31.7 Å². The first-order valence-electron chi connectivity index (χ1n) is 13.1. The lowest BCUT2D eigenvalue weighted by molar-refractivity contribution is -0.276. The summed E-state index contributed by atoms with van der Waals surface area (Å²) in [5.74, 6) is -0.0741. The standard InChI is InChI=1S/C31H31Cl2N3O4/c1-19-27(16-36-18-35-29(32)30(36)33)39-31(40-28(19)24-8-6-21(17-37)7-9-24)25-12-10-23(11-13-25)26-5-3-4-22(14-26)15-34-20(2)38/h3-14,18-19,27-28,31,37H,15-17H2,1-2H3,(H,34,38)/t19-,27+,28+,31+/m1/s1. The van der Waals surface area contributed by atoms with Crippen LogP contribution in [0.25, 0.3) is 11.1 Å². The van der Waals surface area contributed by atoms with Gasteiger partial charge in [-0.3, -0.25) is 4.79 Å². The second-order valence-electron chi connectivity index (χ2n) is 10.0. The Balaban J connectivity index is 1.40. The predicted octanol–water partition coefficient (Wildman–Crippen LogP) is 6.48. The first-order chi connectivity index (χ1) is 19.3. The molecular weight excluding hydrogens is 549 g/mol. The third-order valence-electron chi connectivity index (χ3n) is 7.22. The monoisotopic (exact) mass is 579 g/mol. The largest absolute Gasteiger partial charge is 0.392 e. The molecule has 1 aliphatic rings. The van der Waals surface area contributed by atoms with Gasteiger partial charge in [0.25, 0.3) is 0 Å².